The fourth-order valence-electron chi connectivity index (χ4n) is 12.8. The van der Waals surface area contributed by atoms with Crippen molar-refractivity contribution in [2.75, 3.05) is 39.6 Å². The van der Waals surface area contributed by atoms with Gasteiger partial charge in [-0.05, 0) is 49.4 Å². The van der Waals surface area contributed by atoms with Crippen LogP contribution in [0.2, 0.25) is 0 Å². The van der Waals surface area contributed by atoms with Crippen LogP contribution in [0.25, 0.3) is 0 Å². The van der Waals surface area contributed by atoms with Crippen LogP contribution in [0.1, 0.15) is 428 Å². The molecule has 3 N–H and O–H groups in total. The molecule has 0 fully saturated rings. The number of phosphoric acid groups is 2. The van der Waals surface area contributed by atoms with Gasteiger partial charge in [0.2, 0.25) is 0 Å². The molecule has 0 aliphatic heterocycles. The summed E-state index contributed by atoms with van der Waals surface area (Å²) in [6.45, 7) is 14.2. The lowest BCUT2D eigenvalue weighted by atomic mass is 9.99. The second-order valence-electron chi connectivity index (χ2n) is 31.5. The van der Waals surface area contributed by atoms with Crippen LogP contribution >= 0.6 is 15.6 Å². The van der Waals surface area contributed by atoms with Crippen molar-refractivity contribution in [2.24, 2.45) is 23.7 Å². The van der Waals surface area contributed by atoms with Crippen LogP contribution in [0.3, 0.4) is 0 Å². The molecule has 102 heavy (non-hydrogen) atoms. The number of unbranched alkanes of at least 4 members (excludes halogenated alkanes) is 45. The van der Waals surface area contributed by atoms with Gasteiger partial charge in [-0.3, -0.25) is 37.3 Å². The lowest BCUT2D eigenvalue weighted by Crippen LogP contribution is -2.30. The van der Waals surface area contributed by atoms with Crippen molar-refractivity contribution in [3.8, 4) is 0 Å². The Kier molecular flexibility index (Phi) is 70.6. The van der Waals surface area contributed by atoms with Gasteiger partial charge in [0.1, 0.15) is 19.3 Å². The molecule has 3 unspecified atom stereocenters. The van der Waals surface area contributed by atoms with E-state index in [4.69, 9.17) is 37.0 Å². The number of hydrogen-bond donors (Lipinski definition) is 3. The third-order valence-electron chi connectivity index (χ3n) is 19.7. The quantitative estimate of drug-likeness (QED) is 0.0222. The highest BCUT2D eigenvalue weighted by Gasteiger charge is 2.30. The fourth-order valence-corrected chi connectivity index (χ4v) is 14.3. The maximum absolute atomic E-state index is 13.1. The second kappa shape index (κ2) is 72.0. The van der Waals surface area contributed by atoms with Crippen molar-refractivity contribution in [1.29, 1.82) is 0 Å². The third-order valence-corrected chi connectivity index (χ3v) is 21.6. The fraction of sp³-hybridized carbons (Fsp3) is 0.952. The summed E-state index contributed by atoms with van der Waals surface area (Å²) >= 11 is 0. The molecule has 17 nitrogen and oxygen atoms in total. The highest BCUT2D eigenvalue weighted by molar-refractivity contribution is 7.47. The number of esters is 4. The molecule has 0 aromatic carbocycles. The Morgan fingerprint density at radius 2 is 0.471 bits per heavy atom. The number of hydrogen-bond acceptors (Lipinski definition) is 15. The van der Waals surface area contributed by atoms with Gasteiger partial charge in [0.25, 0.3) is 0 Å². The Morgan fingerprint density at radius 3 is 0.696 bits per heavy atom. The van der Waals surface area contributed by atoms with Crippen LogP contribution in [0.5, 0.6) is 0 Å². The van der Waals surface area contributed by atoms with E-state index in [-0.39, 0.29) is 25.7 Å². The van der Waals surface area contributed by atoms with E-state index in [1.54, 1.807) is 0 Å². The van der Waals surface area contributed by atoms with Gasteiger partial charge in [-0.2, -0.15) is 0 Å². The van der Waals surface area contributed by atoms with Gasteiger partial charge in [0, 0.05) is 25.7 Å². The van der Waals surface area contributed by atoms with Gasteiger partial charge in [-0.25, -0.2) is 9.13 Å². The van der Waals surface area contributed by atoms with Crippen molar-refractivity contribution < 1.29 is 80.2 Å². The molecule has 0 aromatic heterocycles. The molecule has 0 bridgehead atoms. The summed E-state index contributed by atoms with van der Waals surface area (Å²) in [5.74, 6) is 0.951. The summed E-state index contributed by atoms with van der Waals surface area (Å²) in [5.41, 5.74) is 0. The number of rotatable bonds is 80. The second-order valence-corrected chi connectivity index (χ2v) is 34.4. The zero-order chi connectivity index (χ0) is 75.3. The average molecular weight is 1490 g/mol. The van der Waals surface area contributed by atoms with Crippen LogP contribution in [-0.4, -0.2) is 96.7 Å². The van der Waals surface area contributed by atoms with Crippen molar-refractivity contribution >= 4 is 39.5 Å². The van der Waals surface area contributed by atoms with E-state index in [1.807, 2.05) is 0 Å². The lowest BCUT2D eigenvalue weighted by Gasteiger charge is -2.21. The summed E-state index contributed by atoms with van der Waals surface area (Å²) < 4.78 is 68.6. The van der Waals surface area contributed by atoms with Crippen LogP contribution in [0.4, 0.5) is 0 Å². The number of aliphatic hydroxyl groups is 1. The first-order valence-electron chi connectivity index (χ1n) is 42.7. The van der Waals surface area contributed by atoms with Crippen LogP contribution in [0.15, 0.2) is 0 Å². The topological polar surface area (TPSA) is 237 Å². The molecule has 0 heterocycles. The molecule has 6 atom stereocenters. The molecule has 19 heteroatoms. The molecular weight excluding hydrogens is 1330 g/mol. The average Bonchev–Trinajstić information content (AvgIpc) is 0.910. The molecule has 0 spiro atoms. The number of carbonyl (C=O) groups excluding carboxylic acids is 4. The highest BCUT2D eigenvalue weighted by atomic mass is 31.2. The number of ether oxygens (including phenoxy) is 4. The zero-order valence-electron chi connectivity index (χ0n) is 67.2. The first kappa shape index (κ1) is 100. The summed E-state index contributed by atoms with van der Waals surface area (Å²) in [4.78, 5) is 72.9. The number of phosphoric ester groups is 2. The highest BCUT2D eigenvalue weighted by Crippen LogP contribution is 2.45. The van der Waals surface area contributed by atoms with E-state index in [1.165, 1.54) is 225 Å². The zero-order valence-corrected chi connectivity index (χ0v) is 69.0. The van der Waals surface area contributed by atoms with E-state index in [9.17, 15) is 43.2 Å². The Hall–Kier alpha value is -1.94. The largest absolute Gasteiger partial charge is 0.472 e. The van der Waals surface area contributed by atoms with E-state index >= 15 is 0 Å². The Labute approximate surface area is 626 Å². The third kappa shape index (κ3) is 74.9. The summed E-state index contributed by atoms with van der Waals surface area (Å²) in [7, 11) is -9.92. The van der Waals surface area contributed by atoms with Gasteiger partial charge in [0.15, 0.2) is 12.2 Å². The first-order valence-corrected chi connectivity index (χ1v) is 45.7. The Balaban J connectivity index is 5.08. The maximum Gasteiger partial charge on any atom is 0.472 e. The standard InChI is InChI=1S/C83H162O17P2/c1-9-76(8)62-54-46-37-31-27-23-19-15-11-13-17-21-25-29-33-39-49-57-65-82(87)99-79(70-94-81(86)64-56-48-42-41-45-53-61-75(6)7)72-98-102(91,92)96-68-77(84)67-95-101(89,90)97-71-78(100-83(88)66-58-50-40-34-36-44-52-60-74(4)5)69-93-80(85)63-55-47-38-32-28-24-20-16-12-10-14-18-22-26-30-35-43-51-59-73(2)3/h73-79,84H,9-72H2,1-8H3,(H,89,90)(H,91,92)/t76?,77-,78-,79-/m1/s1. The van der Waals surface area contributed by atoms with E-state index in [0.717, 1.165) is 108 Å². The molecule has 606 valence electrons. The lowest BCUT2D eigenvalue weighted by molar-refractivity contribution is -0.161. The molecule has 0 aromatic rings. The van der Waals surface area contributed by atoms with Gasteiger partial charge in [-0.1, -0.05) is 376 Å². The summed E-state index contributed by atoms with van der Waals surface area (Å²) in [6, 6.07) is 0. The smallest absolute Gasteiger partial charge is 0.462 e. The molecule has 0 aliphatic carbocycles. The van der Waals surface area contributed by atoms with Crippen LogP contribution in [-0.2, 0) is 65.4 Å². The van der Waals surface area contributed by atoms with Crippen molar-refractivity contribution in [1.82, 2.24) is 0 Å². The van der Waals surface area contributed by atoms with Gasteiger partial charge >= 0.3 is 39.5 Å². The monoisotopic (exact) mass is 1490 g/mol. The molecule has 0 saturated carbocycles. The molecule has 0 aliphatic rings. The maximum atomic E-state index is 13.1. The summed E-state index contributed by atoms with van der Waals surface area (Å²) in [6.07, 6.45) is 60.2. The van der Waals surface area contributed by atoms with Crippen molar-refractivity contribution in [3.63, 3.8) is 0 Å². The SMILES string of the molecule is CCC(C)CCCCCCCCCCCCCCCCCCCCC(=O)O[C@H](COC(=O)CCCCCCCCC(C)C)COP(=O)(O)OC[C@H](O)COP(=O)(O)OC[C@@H](COC(=O)CCCCCCCCCCCCCCCCCCCCC(C)C)OC(=O)CCCCCCCCCC(C)C. The predicted octanol–water partition coefficient (Wildman–Crippen LogP) is 24.8. The Bertz CT molecular complexity index is 1990. The molecule has 0 radical (unpaired) electrons. The van der Waals surface area contributed by atoms with Gasteiger partial charge in [-0.15, -0.1) is 0 Å². The van der Waals surface area contributed by atoms with Crippen molar-refractivity contribution in [3.05, 3.63) is 0 Å². The first-order chi connectivity index (χ1) is 49.1. The minimum Gasteiger partial charge on any atom is -0.462 e. The molecule has 0 amide bonds. The Morgan fingerprint density at radius 1 is 0.275 bits per heavy atom. The normalized spacial score (nSPS) is 14.3. The number of aliphatic hydroxyl groups excluding tert-OH is 1. The molecular formula is C83H162O17P2. The molecule has 0 saturated heterocycles. The van der Waals surface area contributed by atoms with Gasteiger partial charge in [0.05, 0.1) is 26.4 Å². The van der Waals surface area contributed by atoms with Crippen LogP contribution in [0, 0.1) is 23.7 Å². The number of carbonyl (C=O) groups is 4. The van der Waals surface area contributed by atoms with E-state index < -0.39 is 97.5 Å². The van der Waals surface area contributed by atoms with E-state index in [2.05, 4.69) is 55.4 Å². The predicted molar refractivity (Wildman–Crippen MR) is 418 cm³/mol. The van der Waals surface area contributed by atoms with Gasteiger partial charge < -0.3 is 33.8 Å². The minimum atomic E-state index is -4.96. The molecule has 0 rings (SSSR count). The summed E-state index contributed by atoms with van der Waals surface area (Å²) in [5, 5.41) is 10.6. The van der Waals surface area contributed by atoms with Crippen molar-refractivity contribution in [2.45, 2.75) is 446 Å². The minimum absolute atomic E-state index is 0.104. The van der Waals surface area contributed by atoms with Crippen LogP contribution < -0.4 is 0 Å². The van der Waals surface area contributed by atoms with E-state index in [0.29, 0.717) is 37.5 Å².